The molecule has 0 aliphatic heterocycles. The van der Waals surface area contributed by atoms with Gasteiger partial charge in [0.1, 0.15) is 0 Å². The molecular formula is C13H30O3Si3. The molecule has 0 aromatic heterocycles. The van der Waals surface area contributed by atoms with Crippen molar-refractivity contribution >= 4 is 26.4 Å². The lowest BCUT2D eigenvalue weighted by Gasteiger charge is -2.18. The van der Waals surface area contributed by atoms with Crippen LogP contribution in [0.25, 0.3) is 0 Å². The molecule has 0 rings (SSSR count). The fourth-order valence-electron chi connectivity index (χ4n) is 2.22. The van der Waals surface area contributed by atoms with E-state index in [0.717, 1.165) is 12.5 Å². The van der Waals surface area contributed by atoms with E-state index in [1.165, 1.54) is 57.8 Å². The number of unbranched alkanes of at least 4 members (excludes halogenated alkanes) is 9. The first-order valence-corrected chi connectivity index (χ1v) is 13.6. The summed E-state index contributed by atoms with van der Waals surface area (Å²) >= 11 is 0. The monoisotopic (exact) mass is 318 g/mol. The van der Waals surface area contributed by atoms with Gasteiger partial charge in [0.05, 0.1) is 0 Å². The van der Waals surface area contributed by atoms with Crippen LogP contribution in [-0.4, -0.2) is 26.4 Å². The van der Waals surface area contributed by atoms with Crippen LogP contribution in [0.5, 0.6) is 0 Å². The molecule has 0 saturated heterocycles. The molecule has 0 aliphatic carbocycles. The second-order valence-corrected chi connectivity index (χ2v) is 14.4. The Bertz CT molecular complexity index is 239. The van der Waals surface area contributed by atoms with Gasteiger partial charge in [-0.1, -0.05) is 71.1 Å². The van der Waals surface area contributed by atoms with E-state index in [4.69, 9.17) is 4.12 Å². The third kappa shape index (κ3) is 11.6. The molecule has 0 bridgehead atoms. The Kier molecular flexibility index (Phi) is 13.1. The van der Waals surface area contributed by atoms with E-state index in [-0.39, 0.29) is 0 Å². The minimum Gasteiger partial charge on any atom is -0.578 e. The molecule has 3 nitrogen and oxygen atoms in total. The van der Waals surface area contributed by atoms with E-state index in [9.17, 15) is 8.92 Å². The van der Waals surface area contributed by atoms with Crippen LogP contribution in [0.1, 0.15) is 71.1 Å². The Hall–Kier alpha value is 0.0506. The second kappa shape index (κ2) is 13.1. The summed E-state index contributed by atoms with van der Waals surface area (Å²) < 4.78 is 26.9. The van der Waals surface area contributed by atoms with Gasteiger partial charge < -0.3 is 13.0 Å². The normalized spacial score (nSPS) is 13.8. The van der Waals surface area contributed by atoms with Gasteiger partial charge in [0, 0.05) is 0 Å². The Morgan fingerprint density at radius 3 is 1.74 bits per heavy atom. The molecule has 0 saturated carbocycles. The first kappa shape index (κ1) is 19.1. The minimum atomic E-state index is -2.06. The van der Waals surface area contributed by atoms with Crippen molar-refractivity contribution in [2.75, 3.05) is 0 Å². The van der Waals surface area contributed by atoms with Crippen LogP contribution in [0.3, 0.4) is 0 Å². The van der Waals surface area contributed by atoms with E-state index in [2.05, 4.69) is 6.92 Å². The summed E-state index contributed by atoms with van der Waals surface area (Å²) in [5.74, 6) is 0. The SMILES string of the molecule is CCCCCCCCCCCC[Si](C)(O[SiH]=O)[SiH]=O. The molecule has 0 N–H and O–H groups in total. The summed E-state index contributed by atoms with van der Waals surface area (Å²) in [6.45, 7) is 4.20. The summed E-state index contributed by atoms with van der Waals surface area (Å²) in [6.07, 6.45) is 13.1. The number of hydrogen-bond donors (Lipinski definition) is 0. The molecule has 6 heteroatoms. The van der Waals surface area contributed by atoms with Crippen LogP contribution in [0.4, 0.5) is 0 Å². The van der Waals surface area contributed by atoms with E-state index >= 15 is 0 Å². The summed E-state index contributed by atoms with van der Waals surface area (Å²) in [6, 6.07) is 0.914. The Balaban J connectivity index is 3.35. The fourth-order valence-corrected chi connectivity index (χ4v) is 6.83. The highest BCUT2D eigenvalue weighted by molar-refractivity contribution is 7.16. The van der Waals surface area contributed by atoms with Crippen molar-refractivity contribution in [1.82, 2.24) is 0 Å². The van der Waals surface area contributed by atoms with Gasteiger partial charge in [-0.2, -0.15) is 0 Å². The van der Waals surface area contributed by atoms with Crippen LogP contribution in [0.15, 0.2) is 0 Å². The van der Waals surface area contributed by atoms with Gasteiger partial charge in [0.2, 0.25) is 0 Å². The fraction of sp³-hybridized carbons (Fsp3) is 1.00. The molecule has 0 fully saturated rings. The van der Waals surface area contributed by atoms with Crippen LogP contribution >= 0.6 is 0 Å². The van der Waals surface area contributed by atoms with E-state index in [1.807, 2.05) is 6.55 Å². The Morgan fingerprint density at radius 1 is 0.842 bits per heavy atom. The number of hydrogen-bond acceptors (Lipinski definition) is 3. The van der Waals surface area contributed by atoms with Crippen LogP contribution in [-0.2, 0) is 13.0 Å². The molecule has 0 aromatic carbocycles. The highest BCUT2D eigenvalue weighted by Gasteiger charge is 2.29. The third-order valence-corrected chi connectivity index (χ3v) is 11.6. The molecule has 1 atom stereocenters. The average Bonchev–Trinajstić information content (AvgIpc) is 2.41. The minimum absolute atomic E-state index is 0.870. The molecule has 0 aliphatic rings. The van der Waals surface area contributed by atoms with Crippen molar-refractivity contribution < 1.29 is 13.0 Å². The summed E-state index contributed by atoms with van der Waals surface area (Å²) in [7, 11) is -4.11. The lowest BCUT2D eigenvalue weighted by molar-refractivity contribution is 0.476. The molecule has 0 spiro atoms. The molecule has 0 radical (unpaired) electrons. The smallest absolute Gasteiger partial charge is 0.472 e. The Morgan fingerprint density at radius 2 is 1.32 bits per heavy atom. The molecule has 112 valence electrons. The van der Waals surface area contributed by atoms with Gasteiger partial charge >= 0.3 is 9.65 Å². The summed E-state index contributed by atoms with van der Waals surface area (Å²) in [4.78, 5) is 0. The van der Waals surface area contributed by atoms with E-state index in [0.29, 0.717) is 0 Å². The highest BCUT2D eigenvalue weighted by atomic mass is 29.2. The second-order valence-electron chi connectivity index (χ2n) is 5.58. The van der Waals surface area contributed by atoms with Crippen molar-refractivity contribution in [2.45, 2.75) is 83.7 Å². The van der Waals surface area contributed by atoms with Crippen LogP contribution in [0.2, 0.25) is 12.6 Å². The quantitative estimate of drug-likeness (QED) is 0.364. The van der Waals surface area contributed by atoms with Crippen molar-refractivity contribution in [2.24, 2.45) is 0 Å². The zero-order valence-electron chi connectivity index (χ0n) is 12.7. The van der Waals surface area contributed by atoms with Gasteiger partial charge in [0.25, 0.3) is 16.8 Å². The van der Waals surface area contributed by atoms with Crippen molar-refractivity contribution in [1.29, 1.82) is 0 Å². The van der Waals surface area contributed by atoms with Gasteiger partial charge in [-0.3, -0.25) is 0 Å². The van der Waals surface area contributed by atoms with E-state index < -0.39 is 26.4 Å². The largest absolute Gasteiger partial charge is 0.578 e. The molecule has 0 aromatic rings. The van der Waals surface area contributed by atoms with Crippen molar-refractivity contribution in [3.8, 4) is 0 Å². The van der Waals surface area contributed by atoms with Gasteiger partial charge in [-0.25, -0.2) is 0 Å². The lowest BCUT2D eigenvalue weighted by atomic mass is 10.1. The molecular weight excluding hydrogens is 288 g/mol. The topological polar surface area (TPSA) is 43.4 Å². The predicted molar refractivity (Wildman–Crippen MR) is 85.0 cm³/mol. The zero-order valence-corrected chi connectivity index (χ0v) is 16.0. The van der Waals surface area contributed by atoms with Gasteiger partial charge in [-0.05, 0) is 12.6 Å². The van der Waals surface area contributed by atoms with Crippen LogP contribution in [0, 0.1) is 0 Å². The van der Waals surface area contributed by atoms with Gasteiger partial charge in [0.15, 0.2) is 0 Å². The summed E-state index contributed by atoms with van der Waals surface area (Å²) in [5.41, 5.74) is 0. The maximum Gasteiger partial charge on any atom is 0.472 e. The van der Waals surface area contributed by atoms with Gasteiger partial charge in [-0.15, -0.1) is 0 Å². The zero-order chi connectivity index (χ0) is 14.4. The molecule has 0 heterocycles. The summed E-state index contributed by atoms with van der Waals surface area (Å²) in [5, 5.41) is 0. The average molecular weight is 319 g/mol. The van der Waals surface area contributed by atoms with Crippen molar-refractivity contribution in [3.63, 3.8) is 0 Å². The Labute approximate surface area is 123 Å². The highest BCUT2D eigenvalue weighted by Crippen LogP contribution is 2.15. The van der Waals surface area contributed by atoms with E-state index in [1.54, 1.807) is 0 Å². The first-order chi connectivity index (χ1) is 9.18. The molecule has 1 unspecified atom stereocenters. The predicted octanol–water partition coefficient (Wildman–Crippen LogP) is 3.47. The third-order valence-electron chi connectivity index (χ3n) is 3.59. The first-order valence-electron chi connectivity index (χ1n) is 7.76. The maximum absolute atomic E-state index is 11.1. The molecule has 19 heavy (non-hydrogen) atoms. The van der Waals surface area contributed by atoms with Crippen molar-refractivity contribution in [3.05, 3.63) is 0 Å². The number of rotatable bonds is 14. The van der Waals surface area contributed by atoms with Crippen LogP contribution < -0.4 is 0 Å². The maximum atomic E-state index is 11.1. The lowest BCUT2D eigenvalue weighted by Crippen LogP contribution is -2.38. The standard InChI is InChI=1S/C13H30O3Si3/c1-3-4-5-6-7-8-9-10-11-12-13-19(2,18-15)16-17-14/h17-18H,3-13H2,1-2H3. The molecule has 0 amide bonds.